The predicted octanol–water partition coefficient (Wildman–Crippen LogP) is 7.34. The Balaban J connectivity index is 1.29. The molecule has 0 amide bonds. The minimum absolute atomic E-state index is 0.628. The van der Waals surface area contributed by atoms with Gasteiger partial charge in [-0.3, -0.25) is 0 Å². The Labute approximate surface area is 165 Å². The van der Waals surface area contributed by atoms with Crippen molar-refractivity contribution in [1.29, 1.82) is 0 Å². The van der Waals surface area contributed by atoms with E-state index in [4.69, 9.17) is 0 Å². The zero-order valence-electron chi connectivity index (χ0n) is 16.8. The van der Waals surface area contributed by atoms with E-state index in [-0.39, 0.29) is 0 Å². The van der Waals surface area contributed by atoms with Crippen LogP contribution in [0.15, 0.2) is 59.8 Å². The molecule has 3 aliphatic rings. The van der Waals surface area contributed by atoms with Crippen molar-refractivity contribution >= 4 is 19.3 Å². The third-order valence-electron chi connectivity index (χ3n) is 7.39. The molecule has 0 radical (unpaired) electrons. The summed E-state index contributed by atoms with van der Waals surface area (Å²) in [6.45, 7) is 7.49. The summed E-state index contributed by atoms with van der Waals surface area (Å²) in [6.07, 6.45) is 10.1. The van der Waals surface area contributed by atoms with E-state index in [1.807, 2.05) is 5.20 Å². The predicted molar refractivity (Wildman–Crippen MR) is 119 cm³/mol. The normalized spacial score (nSPS) is 24.6. The largest absolute Gasteiger partial charge is 0.108 e. The van der Waals surface area contributed by atoms with Gasteiger partial charge in [0.1, 0.15) is 8.07 Å². The highest BCUT2D eigenvalue weighted by Gasteiger charge is 2.55. The summed E-state index contributed by atoms with van der Waals surface area (Å²) in [4.78, 5) is 0. The van der Waals surface area contributed by atoms with Crippen molar-refractivity contribution in [3.63, 3.8) is 0 Å². The fourth-order valence-electron chi connectivity index (χ4n) is 5.85. The summed E-state index contributed by atoms with van der Waals surface area (Å²) in [7, 11) is -1.16. The summed E-state index contributed by atoms with van der Waals surface area (Å²) in [5.74, 6) is 2.19. The van der Waals surface area contributed by atoms with Crippen LogP contribution < -0.4 is 0 Å². The maximum atomic E-state index is 2.55. The van der Waals surface area contributed by atoms with Gasteiger partial charge in [-0.05, 0) is 47.4 Å². The number of rotatable bonds is 6. The smallest absolute Gasteiger partial charge is 0.0764 e. The van der Waals surface area contributed by atoms with E-state index in [0.717, 1.165) is 11.8 Å². The van der Waals surface area contributed by atoms with Gasteiger partial charge in [-0.25, -0.2) is 0 Å². The van der Waals surface area contributed by atoms with Crippen LogP contribution in [-0.4, -0.2) is 8.07 Å². The van der Waals surface area contributed by atoms with Gasteiger partial charge < -0.3 is 0 Å². The average Bonchev–Trinajstić information content (AvgIpc) is 3.01. The van der Waals surface area contributed by atoms with Crippen LogP contribution in [0.3, 0.4) is 0 Å². The first-order chi connectivity index (χ1) is 13.1. The highest BCUT2D eigenvalue weighted by Crippen LogP contribution is 2.63. The van der Waals surface area contributed by atoms with Crippen LogP contribution in [0.4, 0.5) is 0 Å². The van der Waals surface area contributed by atoms with Crippen LogP contribution in [0.5, 0.6) is 0 Å². The average molecular weight is 371 g/mol. The lowest BCUT2D eigenvalue weighted by Gasteiger charge is -2.25. The fraction of sp³-hybridized carbons (Fsp3) is 0.385. The first-order valence-electron chi connectivity index (χ1n) is 10.7. The van der Waals surface area contributed by atoms with Crippen molar-refractivity contribution in [3.8, 4) is 0 Å². The Bertz CT molecular complexity index is 946. The summed E-state index contributed by atoms with van der Waals surface area (Å²) < 4.78 is 0. The van der Waals surface area contributed by atoms with Gasteiger partial charge >= 0.3 is 0 Å². The Morgan fingerprint density at radius 3 is 2.52 bits per heavy atom. The van der Waals surface area contributed by atoms with Crippen molar-refractivity contribution in [3.05, 3.63) is 82.1 Å². The van der Waals surface area contributed by atoms with E-state index >= 15 is 0 Å². The molecule has 2 aromatic carbocycles. The molecular weight excluding hydrogens is 340 g/mol. The second-order valence-corrected chi connectivity index (χ2v) is 13.5. The Morgan fingerprint density at radius 2 is 1.70 bits per heavy atom. The highest BCUT2D eigenvalue weighted by molar-refractivity contribution is 7.13. The molecule has 0 bridgehead atoms. The molecule has 0 fully saturated rings. The van der Waals surface area contributed by atoms with Crippen LogP contribution >= 0.6 is 0 Å². The molecule has 0 spiro atoms. The molecular formula is C26H30Si. The lowest BCUT2D eigenvalue weighted by Crippen LogP contribution is -2.19. The topological polar surface area (TPSA) is 0 Å². The second-order valence-electron chi connectivity index (χ2n) is 9.24. The molecule has 1 aliphatic heterocycles. The molecule has 0 nitrogen and oxygen atoms in total. The maximum absolute atomic E-state index is 2.55. The third kappa shape index (κ3) is 2.70. The molecule has 0 saturated carbocycles. The SMILES string of the molecule is CCC(CCC1C2=C(c3ccccc31)[Si]2(C)C)CC1C=Cc2ccccc21. The van der Waals surface area contributed by atoms with Gasteiger partial charge in [-0.2, -0.15) is 0 Å². The van der Waals surface area contributed by atoms with E-state index in [1.54, 1.807) is 21.9 Å². The standard InChI is InChI=1S/C26H30Si/c1-4-18(17-20-15-14-19-9-5-6-10-21(19)20)13-16-24-22-11-7-8-12-23(22)25-26(24)27(25,2)3/h5-12,14-15,18,20,24H,4,13,16-17H2,1-3H3. The molecule has 3 atom stereocenters. The number of hydrogen-bond donors (Lipinski definition) is 0. The number of hydrogen-bond acceptors (Lipinski definition) is 0. The molecule has 2 aliphatic carbocycles. The van der Waals surface area contributed by atoms with Gasteiger partial charge in [0.15, 0.2) is 0 Å². The van der Waals surface area contributed by atoms with E-state index in [2.05, 4.69) is 80.7 Å². The van der Waals surface area contributed by atoms with Crippen LogP contribution in [0.2, 0.25) is 13.1 Å². The number of allylic oxidation sites excluding steroid dienone is 2. The van der Waals surface area contributed by atoms with Gasteiger partial charge in [0.05, 0.1) is 0 Å². The monoisotopic (exact) mass is 370 g/mol. The highest BCUT2D eigenvalue weighted by atomic mass is 28.3. The van der Waals surface area contributed by atoms with Crippen molar-refractivity contribution < 1.29 is 0 Å². The van der Waals surface area contributed by atoms with Crippen molar-refractivity contribution in [1.82, 2.24) is 0 Å². The first kappa shape index (κ1) is 17.2. The molecule has 0 N–H and O–H groups in total. The van der Waals surface area contributed by atoms with E-state index in [0.29, 0.717) is 5.92 Å². The molecule has 27 heavy (non-hydrogen) atoms. The van der Waals surface area contributed by atoms with Gasteiger partial charge in [-0.15, -0.1) is 0 Å². The van der Waals surface area contributed by atoms with E-state index in [9.17, 15) is 0 Å². The minimum atomic E-state index is -1.16. The lowest BCUT2D eigenvalue weighted by molar-refractivity contribution is 0.401. The summed E-state index contributed by atoms with van der Waals surface area (Å²) >= 11 is 0. The number of benzene rings is 2. The van der Waals surface area contributed by atoms with E-state index in [1.165, 1.54) is 31.2 Å². The molecule has 138 valence electrons. The summed E-state index contributed by atoms with van der Waals surface area (Å²) in [6, 6.07) is 18.2. The van der Waals surface area contributed by atoms with E-state index < -0.39 is 8.07 Å². The third-order valence-corrected chi connectivity index (χ3v) is 10.9. The molecule has 1 heteroatoms. The molecule has 1 heterocycles. The van der Waals surface area contributed by atoms with Gasteiger partial charge in [0, 0.05) is 11.8 Å². The molecule has 2 aromatic rings. The lowest BCUT2D eigenvalue weighted by atomic mass is 9.84. The summed E-state index contributed by atoms with van der Waals surface area (Å²) in [5, 5.41) is 3.67. The zero-order valence-corrected chi connectivity index (χ0v) is 17.8. The molecule has 5 rings (SSSR count). The van der Waals surface area contributed by atoms with Crippen LogP contribution in [0, 0.1) is 5.92 Å². The quantitative estimate of drug-likeness (QED) is 0.466. The Kier molecular flexibility index (Phi) is 4.05. The molecule has 0 saturated heterocycles. The zero-order chi connectivity index (χ0) is 18.6. The van der Waals surface area contributed by atoms with Gasteiger partial charge in [0.2, 0.25) is 0 Å². The van der Waals surface area contributed by atoms with Gasteiger partial charge in [0.25, 0.3) is 0 Å². The Morgan fingerprint density at radius 1 is 0.963 bits per heavy atom. The number of fused-ring (bicyclic) bond motifs is 3. The Hall–Kier alpha value is -1.86. The van der Waals surface area contributed by atoms with Crippen molar-refractivity contribution in [2.45, 2.75) is 57.5 Å². The second kappa shape index (κ2) is 6.34. The molecule has 0 aromatic heterocycles. The van der Waals surface area contributed by atoms with Crippen LogP contribution in [0.1, 0.15) is 66.7 Å². The van der Waals surface area contributed by atoms with Crippen LogP contribution in [0.25, 0.3) is 11.3 Å². The minimum Gasteiger partial charge on any atom is -0.0764 e. The molecule has 3 unspecified atom stereocenters. The van der Waals surface area contributed by atoms with Crippen molar-refractivity contribution in [2.24, 2.45) is 5.92 Å². The first-order valence-corrected chi connectivity index (χ1v) is 13.7. The fourth-order valence-corrected chi connectivity index (χ4v) is 9.98. The maximum Gasteiger partial charge on any atom is 0.108 e. The van der Waals surface area contributed by atoms with Crippen molar-refractivity contribution in [2.75, 3.05) is 0 Å². The summed E-state index contributed by atoms with van der Waals surface area (Å²) in [5.41, 5.74) is 6.22. The van der Waals surface area contributed by atoms with Crippen LogP contribution in [-0.2, 0) is 0 Å². The van der Waals surface area contributed by atoms with Gasteiger partial charge in [-0.1, -0.05) is 97.5 Å².